The van der Waals surface area contributed by atoms with Crippen molar-refractivity contribution in [1.82, 2.24) is 4.98 Å². The second-order valence-corrected chi connectivity index (χ2v) is 7.07. The molecular weight excluding hydrogens is 402 g/mol. The van der Waals surface area contributed by atoms with Crippen LogP contribution in [0.4, 0.5) is 11.5 Å². The van der Waals surface area contributed by atoms with Crippen molar-refractivity contribution in [2.45, 2.75) is 6.92 Å². The van der Waals surface area contributed by atoms with Gasteiger partial charge in [-0.05, 0) is 55.0 Å². The van der Waals surface area contributed by atoms with E-state index in [0.717, 1.165) is 5.56 Å². The number of rotatable bonds is 4. The monoisotopic (exact) mass is 419 g/mol. The lowest BCUT2D eigenvalue weighted by molar-refractivity contribution is 0.102. The van der Waals surface area contributed by atoms with Gasteiger partial charge in [0.1, 0.15) is 22.7 Å². The van der Waals surface area contributed by atoms with E-state index in [4.69, 9.17) is 20.8 Å². The van der Waals surface area contributed by atoms with E-state index < -0.39 is 5.91 Å². The summed E-state index contributed by atoms with van der Waals surface area (Å²) in [5, 5.41) is 4.02. The number of pyridine rings is 1. The van der Waals surface area contributed by atoms with Gasteiger partial charge in [0, 0.05) is 22.7 Å². The molecule has 6 nitrogen and oxygen atoms in total. The predicted molar refractivity (Wildman–Crippen MR) is 116 cm³/mol. The van der Waals surface area contributed by atoms with E-state index in [1.807, 2.05) is 25.1 Å². The minimum Gasteiger partial charge on any atom is -0.497 e. The smallest absolute Gasteiger partial charge is 0.262 e. The number of aryl methyl sites for hydroxylation is 1. The van der Waals surface area contributed by atoms with Gasteiger partial charge in [-0.25, -0.2) is 9.98 Å². The molecule has 1 amide bonds. The number of hydrogen-bond donors (Lipinski definition) is 1. The van der Waals surface area contributed by atoms with Crippen molar-refractivity contribution in [2.75, 3.05) is 12.4 Å². The number of ether oxygens (including phenoxy) is 1. The number of nitrogens with zero attached hydrogens (tertiary/aromatic N) is 2. The van der Waals surface area contributed by atoms with Crippen LogP contribution in [0.3, 0.4) is 0 Å². The van der Waals surface area contributed by atoms with Crippen molar-refractivity contribution >= 4 is 40.0 Å². The molecule has 4 rings (SSSR count). The number of halogens is 1. The summed E-state index contributed by atoms with van der Waals surface area (Å²) in [5.41, 5.74) is 2.58. The largest absolute Gasteiger partial charge is 0.497 e. The van der Waals surface area contributed by atoms with E-state index in [1.54, 1.807) is 55.8 Å². The third-order valence-electron chi connectivity index (χ3n) is 4.39. The van der Waals surface area contributed by atoms with Gasteiger partial charge in [0.25, 0.3) is 5.91 Å². The number of nitrogens with one attached hydrogen (secondary N) is 1. The molecule has 0 bridgehead atoms. The lowest BCUT2D eigenvalue weighted by Gasteiger charge is -2.07. The highest BCUT2D eigenvalue weighted by molar-refractivity contribution is 6.31. The Bertz CT molecular complexity index is 1300. The molecule has 2 aromatic carbocycles. The average molecular weight is 420 g/mol. The molecule has 150 valence electrons. The molecule has 0 saturated carbocycles. The summed E-state index contributed by atoms with van der Waals surface area (Å²) >= 11 is 6.11. The van der Waals surface area contributed by atoms with Gasteiger partial charge in [0.15, 0.2) is 0 Å². The first-order valence-electron chi connectivity index (χ1n) is 9.18. The number of fused-ring (bicyclic) bond motifs is 1. The van der Waals surface area contributed by atoms with Gasteiger partial charge in [-0.3, -0.25) is 4.79 Å². The zero-order valence-corrected chi connectivity index (χ0v) is 17.1. The summed E-state index contributed by atoms with van der Waals surface area (Å²) in [7, 11) is 1.58. The fourth-order valence-electron chi connectivity index (χ4n) is 2.87. The van der Waals surface area contributed by atoms with Crippen molar-refractivity contribution in [3.63, 3.8) is 0 Å². The normalized spacial score (nSPS) is 11.5. The van der Waals surface area contributed by atoms with E-state index in [1.165, 1.54) is 0 Å². The van der Waals surface area contributed by atoms with Crippen LogP contribution in [0.25, 0.3) is 11.0 Å². The van der Waals surface area contributed by atoms with E-state index in [2.05, 4.69) is 15.3 Å². The number of aromatic nitrogens is 1. The van der Waals surface area contributed by atoms with Crippen molar-refractivity contribution in [2.24, 2.45) is 4.99 Å². The quantitative estimate of drug-likeness (QED) is 0.488. The fourth-order valence-corrected chi connectivity index (χ4v) is 3.05. The first-order valence-corrected chi connectivity index (χ1v) is 9.56. The molecule has 0 saturated heterocycles. The summed E-state index contributed by atoms with van der Waals surface area (Å²) in [6.07, 6.45) is 1.68. The standard InChI is InChI=1S/C23H18ClN3O3/c1-14-6-9-21(25-13-14)27-22(28)19-11-15-10-16(24)7-8-20(15)30-23(19)26-17-4-3-5-18(12-17)29-2/h3-13H,1-2H3,(H,25,27,28). The van der Waals surface area contributed by atoms with Gasteiger partial charge in [-0.2, -0.15) is 0 Å². The molecule has 0 spiro atoms. The lowest BCUT2D eigenvalue weighted by Crippen LogP contribution is -2.22. The third kappa shape index (κ3) is 4.34. The Morgan fingerprint density at radius 2 is 2.00 bits per heavy atom. The summed E-state index contributed by atoms with van der Waals surface area (Å²) in [4.78, 5) is 21.8. The van der Waals surface area contributed by atoms with Gasteiger partial charge in [0.2, 0.25) is 5.55 Å². The maximum Gasteiger partial charge on any atom is 0.262 e. The van der Waals surface area contributed by atoms with E-state index in [-0.39, 0.29) is 11.1 Å². The van der Waals surface area contributed by atoms with Crippen LogP contribution in [0, 0.1) is 6.92 Å². The van der Waals surface area contributed by atoms with Crippen LogP contribution in [0.1, 0.15) is 15.9 Å². The SMILES string of the molecule is COc1cccc(N=c2oc3ccc(Cl)cc3cc2C(=O)Nc2ccc(C)cn2)c1. The second kappa shape index (κ2) is 8.39. The first kappa shape index (κ1) is 19.7. The Balaban J connectivity index is 1.84. The van der Waals surface area contributed by atoms with E-state index >= 15 is 0 Å². The van der Waals surface area contributed by atoms with Crippen LogP contribution in [0.15, 0.2) is 76.3 Å². The molecule has 0 unspecified atom stereocenters. The van der Waals surface area contributed by atoms with Gasteiger partial charge in [0.05, 0.1) is 12.8 Å². The summed E-state index contributed by atoms with van der Waals surface area (Å²) < 4.78 is 11.2. The number of anilines is 1. The maximum atomic E-state index is 13.0. The highest BCUT2D eigenvalue weighted by Gasteiger charge is 2.14. The van der Waals surface area contributed by atoms with E-state index in [9.17, 15) is 4.79 Å². The van der Waals surface area contributed by atoms with Crippen LogP contribution in [-0.4, -0.2) is 18.0 Å². The van der Waals surface area contributed by atoms with Crippen LogP contribution in [0.5, 0.6) is 5.75 Å². The number of carbonyl (C=O) groups is 1. The van der Waals surface area contributed by atoms with Crippen molar-refractivity contribution in [3.05, 3.63) is 88.6 Å². The summed E-state index contributed by atoms with van der Waals surface area (Å²) in [5.74, 6) is 0.696. The molecular formula is C23H18ClN3O3. The van der Waals surface area contributed by atoms with Crippen LogP contribution in [-0.2, 0) is 0 Å². The van der Waals surface area contributed by atoms with Crippen LogP contribution in [0.2, 0.25) is 5.02 Å². The Labute approximate surface area is 177 Å². The maximum absolute atomic E-state index is 13.0. The molecule has 4 aromatic rings. The molecule has 2 heterocycles. The van der Waals surface area contributed by atoms with E-state index in [0.29, 0.717) is 33.2 Å². The molecule has 30 heavy (non-hydrogen) atoms. The van der Waals surface area contributed by atoms with Crippen LogP contribution >= 0.6 is 11.6 Å². The molecule has 0 radical (unpaired) electrons. The average Bonchev–Trinajstić information content (AvgIpc) is 2.75. The molecule has 0 aliphatic rings. The van der Waals surface area contributed by atoms with Crippen molar-refractivity contribution in [3.8, 4) is 5.75 Å². The summed E-state index contributed by atoms with van der Waals surface area (Å²) in [6, 6.07) is 17.7. The Morgan fingerprint density at radius 1 is 1.13 bits per heavy atom. The molecule has 0 aliphatic carbocycles. The second-order valence-electron chi connectivity index (χ2n) is 6.64. The number of benzene rings is 2. The number of carbonyl (C=O) groups excluding carboxylic acids is 1. The van der Waals surface area contributed by atoms with Gasteiger partial charge in [-0.15, -0.1) is 0 Å². The highest BCUT2D eigenvalue weighted by Crippen LogP contribution is 2.22. The molecule has 0 fully saturated rings. The Kier molecular flexibility index (Phi) is 5.50. The van der Waals surface area contributed by atoms with Crippen LogP contribution < -0.4 is 15.6 Å². The topological polar surface area (TPSA) is 76.7 Å². The van der Waals surface area contributed by atoms with Gasteiger partial charge < -0.3 is 14.5 Å². The number of methoxy groups -OCH3 is 1. The minimum atomic E-state index is -0.390. The zero-order valence-electron chi connectivity index (χ0n) is 16.3. The van der Waals surface area contributed by atoms with Crippen molar-refractivity contribution < 1.29 is 13.9 Å². The first-order chi connectivity index (χ1) is 14.5. The zero-order chi connectivity index (χ0) is 21.1. The Hall–Kier alpha value is -3.64. The van der Waals surface area contributed by atoms with Gasteiger partial charge in [-0.1, -0.05) is 23.7 Å². The fraction of sp³-hybridized carbons (Fsp3) is 0.0870. The molecule has 7 heteroatoms. The lowest BCUT2D eigenvalue weighted by atomic mass is 10.1. The van der Waals surface area contributed by atoms with Gasteiger partial charge >= 0.3 is 0 Å². The Morgan fingerprint density at radius 3 is 2.77 bits per heavy atom. The third-order valence-corrected chi connectivity index (χ3v) is 4.63. The molecule has 2 aromatic heterocycles. The highest BCUT2D eigenvalue weighted by atomic mass is 35.5. The molecule has 0 atom stereocenters. The minimum absolute atomic E-state index is 0.169. The number of amides is 1. The number of hydrogen-bond acceptors (Lipinski definition) is 5. The molecule has 1 N–H and O–H groups in total. The predicted octanol–water partition coefficient (Wildman–Crippen LogP) is 5.28. The molecule has 0 aliphatic heterocycles. The van der Waals surface area contributed by atoms with Crippen molar-refractivity contribution in [1.29, 1.82) is 0 Å². The summed E-state index contributed by atoms with van der Waals surface area (Å²) in [6.45, 7) is 1.93.